The first-order chi connectivity index (χ1) is 20.2. The number of aldehydes is 1. The van der Waals surface area contributed by atoms with Crippen molar-refractivity contribution in [3.63, 3.8) is 0 Å². The smallest absolute Gasteiger partial charge is 0.311 e. The largest absolute Gasteiger partial charge is 0.465 e. The van der Waals surface area contributed by atoms with E-state index in [-0.39, 0.29) is 42.2 Å². The molecule has 0 bridgehead atoms. The molecule has 0 aliphatic carbocycles. The van der Waals surface area contributed by atoms with Crippen molar-refractivity contribution in [3.8, 4) is 0 Å². The highest BCUT2D eigenvalue weighted by Crippen LogP contribution is 2.38. The standard InChI is InChI=1S/C36H52O6Si/c1-34(2,3)33(38)40-26-29(23-25-37)32(41-28-39-9)22-16-17-24-36(7,8)27-42-43(35(4,5)6,30-18-12-10-13-19-30)31-20-14-11-15-21-31/h10-22,24-25,29,32H,23,26-28H2,1-9H3/b22-16+,24-17+/t29-,32-/m1/s1. The Hall–Kier alpha value is -2.84. The number of ether oxygens (including phenoxy) is 3. The zero-order chi connectivity index (χ0) is 32.2. The molecule has 0 saturated carbocycles. The molecule has 0 heterocycles. The molecule has 0 amide bonds. The number of benzene rings is 2. The molecule has 0 unspecified atom stereocenters. The number of allylic oxidation sites excluding steroid dienone is 2. The molecule has 2 atom stereocenters. The molecule has 2 aromatic carbocycles. The highest BCUT2D eigenvalue weighted by Gasteiger charge is 2.50. The summed E-state index contributed by atoms with van der Waals surface area (Å²) in [4.78, 5) is 23.8. The fourth-order valence-electron chi connectivity index (χ4n) is 4.91. The van der Waals surface area contributed by atoms with Gasteiger partial charge in [0.05, 0.1) is 18.1 Å². The average molecular weight is 609 g/mol. The van der Waals surface area contributed by atoms with Gasteiger partial charge < -0.3 is 23.4 Å². The van der Waals surface area contributed by atoms with Crippen LogP contribution in [0.25, 0.3) is 0 Å². The van der Waals surface area contributed by atoms with Gasteiger partial charge in [-0.1, -0.05) is 120 Å². The van der Waals surface area contributed by atoms with Gasteiger partial charge in [-0.2, -0.15) is 0 Å². The summed E-state index contributed by atoms with van der Waals surface area (Å²) in [6, 6.07) is 21.3. The lowest BCUT2D eigenvalue weighted by Gasteiger charge is -2.44. The summed E-state index contributed by atoms with van der Waals surface area (Å²) in [7, 11) is -1.11. The molecule has 2 aromatic rings. The van der Waals surface area contributed by atoms with Crippen molar-refractivity contribution in [2.45, 2.75) is 73.0 Å². The van der Waals surface area contributed by atoms with Crippen molar-refractivity contribution in [1.82, 2.24) is 0 Å². The van der Waals surface area contributed by atoms with Crippen molar-refractivity contribution in [3.05, 3.63) is 85.0 Å². The minimum Gasteiger partial charge on any atom is -0.465 e. The van der Waals surface area contributed by atoms with Gasteiger partial charge in [0.15, 0.2) is 0 Å². The van der Waals surface area contributed by atoms with E-state index in [0.29, 0.717) is 6.61 Å². The number of carbonyl (C=O) groups is 2. The third-order valence-corrected chi connectivity index (χ3v) is 12.3. The number of hydrogen-bond acceptors (Lipinski definition) is 6. The van der Waals surface area contributed by atoms with Gasteiger partial charge in [0.1, 0.15) is 13.1 Å². The zero-order valence-corrected chi connectivity index (χ0v) is 28.6. The Morgan fingerprint density at radius 3 is 1.88 bits per heavy atom. The molecule has 7 heteroatoms. The number of carbonyl (C=O) groups excluding carboxylic acids is 2. The van der Waals surface area contributed by atoms with Gasteiger partial charge in [-0.05, 0) is 36.2 Å². The minimum atomic E-state index is -2.66. The van der Waals surface area contributed by atoms with E-state index in [0.717, 1.165) is 6.29 Å². The van der Waals surface area contributed by atoms with Crippen LogP contribution in [0.3, 0.4) is 0 Å². The first-order valence-electron chi connectivity index (χ1n) is 15.0. The number of hydrogen-bond donors (Lipinski definition) is 0. The number of methoxy groups -OCH3 is 1. The molecule has 0 saturated heterocycles. The predicted octanol–water partition coefficient (Wildman–Crippen LogP) is 6.49. The summed E-state index contributed by atoms with van der Waals surface area (Å²) < 4.78 is 23.7. The van der Waals surface area contributed by atoms with E-state index in [1.165, 1.54) is 10.4 Å². The van der Waals surface area contributed by atoms with Gasteiger partial charge in [0.25, 0.3) is 8.32 Å². The Kier molecular flexibility index (Phi) is 13.8. The summed E-state index contributed by atoms with van der Waals surface area (Å²) in [5, 5.41) is 2.39. The first kappa shape index (κ1) is 36.3. The molecule has 0 radical (unpaired) electrons. The van der Waals surface area contributed by atoms with E-state index >= 15 is 0 Å². The highest BCUT2D eigenvalue weighted by molar-refractivity contribution is 6.99. The maximum atomic E-state index is 12.3. The van der Waals surface area contributed by atoms with E-state index < -0.39 is 19.8 Å². The topological polar surface area (TPSA) is 71.1 Å². The summed E-state index contributed by atoms with van der Waals surface area (Å²) in [6.45, 7) is 17.2. The monoisotopic (exact) mass is 608 g/mol. The summed E-state index contributed by atoms with van der Waals surface area (Å²) in [5.74, 6) is -0.657. The first-order valence-corrected chi connectivity index (χ1v) is 16.9. The molecular formula is C36H52O6Si. The molecule has 0 aliphatic rings. The summed E-state index contributed by atoms with van der Waals surface area (Å²) in [5.41, 5.74) is -0.903. The van der Waals surface area contributed by atoms with Crippen LogP contribution in [0.2, 0.25) is 5.04 Å². The number of rotatable bonds is 16. The van der Waals surface area contributed by atoms with E-state index in [4.69, 9.17) is 18.6 Å². The van der Waals surface area contributed by atoms with Crippen LogP contribution in [-0.2, 0) is 28.2 Å². The van der Waals surface area contributed by atoms with Crippen LogP contribution >= 0.6 is 0 Å². The van der Waals surface area contributed by atoms with Gasteiger partial charge >= 0.3 is 5.97 Å². The normalized spacial score (nSPS) is 14.6. The lowest BCUT2D eigenvalue weighted by molar-refractivity contribution is -0.157. The average Bonchev–Trinajstić information content (AvgIpc) is 2.95. The predicted molar refractivity (Wildman–Crippen MR) is 177 cm³/mol. The van der Waals surface area contributed by atoms with E-state index in [1.807, 2.05) is 30.4 Å². The molecule has 0 spiro atoms. The second-order valence-corrected chi connectivity index (χ2v) is 18.0. The quantitative estimate of drug-likeness (QED) is 0.0714. The molecule has 0 aliphatic heterocycles. The Labute approximate surface area is 260 Å². The van der Waals surface area contributed by atoms with Crippen molar-refractivity contribution in [2.75, 3.05) is 27.1 Å². The maximum Gasteiger partial charge on any atom is 0.311 e. The van der Waals surface area contributed by atoms with E-state index in [2.05, 4.69) is 89.2 Å². The van der Waals surface area contributed by atoms with Gasteiger partial charge in [-0.3, -0.25) is 4.79 Å². The van der Waals surface area contributed by atoms with Crippen LogP contribution < -0.4 is 10.4 Å². The Bertz CT molecular complexity index is 1140. The zero-order valence-electron chi connectivity index (χ0n) is 27.6. The fourth-order valence-corrected chi connectivity index (χ4v) is 9.65. The van der Waals surface area contributed by atoms with Crippen LogP contribution in [0.5, 0.6) is 0 Å². The number of esters is 1. The minimum absolute atomic E-state index is 0.0547. The Morgan fingerprint density at radius 2 is 1.42 bits per heavy atom. The van der Waals surface area contributed by atoms with Crippen LogP contribution in [0.1, 0.15) is 61.8 Å². The van der Waals surface area contributed by atoms with Crippen LogP contribution in [0.15, 0.2) is 85.0 Å². The van der Waals surface area contributed by atoms with Crippen molar-refractivity contribution < 1.29 is 28.2 Å². The fraction of sp³-hybridized carbons (Fsp3) is 0.500. The van der Waals surface area contributed by atoms with Crippen LogP contribution in [0.4, 0.5) is 0 Å². The lowest BCUT2D eigenvalue weighted by atomic mass is 9.94. The van der Waals surface area contributed by atoms with Gasteiger partial charge in [0.2, 0.25) is 0 Å². The van der Waals surface area contributed by atoms with Crippen LogP contribution in [0, 0.1) is 16.7 Å². The van der Waals surface area contributed by atoms with E-state index in [9.17, 15) is 9.59 Å². The Morgan fingerprint density at radius 1 is 0.860 bits per heavy atom. The SMILES string of the molecule is COCO[C@H](/C=C/C=C/C(C)(C)CO[Si](c1ccccc1)(c1ccccc1)C(C)(C)C)[C@H](CC=O)COC(=O)C(C)(C)C. The van der Waals surface area contributed by atoms with E-state index in [1.54, 1.807) is 27.9 Å². The van der Waals surface area contributed by atoms with Crippen molar-refractivity contribution in [1.29, 1.82) is 0 Å². The van der Waals surface area contributed by atoms with Crippen LogP contribution in [-0.4, -0.2) is 53.8 Å². The summed E-state index contributed by atoms with van der Waals surface area (Å²) >= 11 is 0. The van der Waals surface area contributed by atoms with Gasteiger partial charge in [0, 0.05) is 31.5 Å². The maximum absolute atomic E-state index is 12.3. The molecule has 43 heavy (non-hydrogen) atoms. The lowest BCUT2D eigenvalue weighted by Crippen LogP contribution is -2.67. The molecule has 2 rings (SSSR count). The second kappa shape index (κ2) is 16.3. The van der Waals surface area contributed by atoms with Gasteiger partial charge in [-0.15, -0.1) is 0 Å². The Balaban J connectivity index is 2.27. The molecule has 0 aromatic heterocycles. The molecular weight excluding hydrogens is 556 g/mol. The molecule has 236 valence electrons. The molecule has 0 N–H and O–H groups in total. The van der Waals surface area contributed by atoms with Gasteiger partial charge in [-0.25, -0.2) is 0 Å². The second-order valence-electron chi connectivity index (χ2n) is 13.7. The summed E-state index contributed by atoms with van der Waals surface area (Å²) in [6.07, 6.45) is 8.45. The third-order valence-electron chi connectivity index (χ3n) is 7.32. The highest BCUT2D eigenvalue weighted by atomic mass is 28.4. The molecule has 0 fully saturated rings. The molecule has 6 nitrogen and oxygen atoms in total. The van der Waals surface area contributed by atoms with Crippen molar-refractivity contribution >= 4 is 30.9 Å². The van der Waals surface area contributed by atoms with Crippen molar-refractivity contribution in [2.24, 2.45) is 16.7 Å². The third kappa shape index (κ3) is 10.7.